The van der Waals surface area contributed by atoms with Gasteiger partial charge < -0.3 is 23.5 Å². The first-order chi connectivity index (χ1) is 19.7. The number of fused-ring (bicyclic) bond motifs is 1. The van der Waals surface area contributed by atoms with Crippen LogP contribution in [0.1, 0.15) is 12.2 Å². The monoisotopic (exact) mass is 613 g/mol. The summed E-state index contributed by atoms with van der Waals surface area (Å²) in [6.07, 6.45) is -2.74. The van der Waals surface area contributed by atoms with E-state index in [9.17, 15) is 26.4 Å². The summed E-state index contributed by atoms with van der Waals surface area (Å²) in [6, 6.07) is 6.78. The second-order valence-corrected chi connectivity index (χ2v) is 11.1. The molecule has 0 bridgehead atoms. The standard InChI is InChI=1S/C26H30F3N5O7S/c1-16-30-24(14-32(16)2)42(36,37)31-20-12-21-22(34(4)25(35)33(21)3)13-23(20)41-19-10-17(39-8-6-7-38-5)9-18(11-19)40-15-26(27,28)29/h9-14,31H,6-8,15H2,1-5H3. The molecule has 4 rings (SSSR count). The molecule has 2 heterocycles. The molecule has 0 unspecified atom stereocenters. The van der Waals surface area contributed by atoms with Gasteiger partial charge in [0.05, 0.1) is 23.3 Å². The molecule has 228 valence electrons. The maximum Gasteiger partial charge on any atom is 0.422 e. The van der Waals surface area contributed by atoms with E-state index in [0.717, 1.165) is 0 Å². The van der Waals surface area contributed by atoms with Crippen LogP contribution in [0, 0.1) is 6.92 Å². The number of ether oxygens (including phenoxy) is 4. The molecule has 42 heavy (non-hydrogen) atoms. The van der Waals surface area contributed by atoms with Crippen LogP contribution < -0.4 is 24.6 Å². The van der Waals surface area contributed by atoms with Gasteiger partial charge in [-0.1, -0.05) is 0 Å². The van der Waals surface area contributed by atoms with E-state index in [-0.39, 0.29) is 46.0 Å². The number of imidazole rings is 2. The number of nitrogens with zero attached hydrogens (tertiary/aromatic N) is 4. The molecule has 0 aliphatic carbocycles. The Bertz CT molecular complexity index is 1740. The Kier molecular flexibility index (Phi) is 8.77. The van der Waals surface area contributed by atoms with Gasteiger partial charge in [0.2, 0.25) is 0 Å². The minimum absolute atomic E-state index is 0.00849. The van der Waals surface area contributed by atoms with E-state index in [4.69, 9.17) is 18.9 Å². The molecule has 0 atom stereocenters. The van der Waals surface area contributed by atoms with E-state index >= 15 is 0 Å². The van der Waals surface area contributed by atoms with Gasteiger partial charge in [0.25, 0.3) is 10.0 Å². The van der Waals surface area contributed by atoms with Crippen molar-refractivity contribution in [3.05, 3.63) is 52.8 Å². The Morgan fingerprint density at radius 1 is 0.929 bits per heavy atom. The number of hydrogen-bond acceptors (Lipinski definition) is 8. The van der Waals surface area contributed by atoms with E-state index in [0.29, 0.717) is 29.9 Å². The Balaban J connectivity index is 1.78. The van der Waals surface area contributed by atoms with Crippen LogP contribution in [0.3, 0.4) is 0 Å². The van der Waals surface area contributed by atoms with Crippen LogP contribution in [0.15, 0.2) is 46.3 Å². The first-order valence-corrected chi connectivity index (χ1v) is 14.0. The highest BCUT2D eigenvalue weighted by Crippen LogP contribution is 2.38. The highest BCUT2D eigenvalue weighted by Gasteiger charge is 2.29. The lowest BCUT2D eigenvalue weighted by Crippen LogP contribution is -2.19. The van der Waals surface area contributed by atoms with Gasteiger partial charge in [-0.15, -0.1) is 0 Å². The molecular weight excluding hydrogens is 583 g/mol. The largest absolute Gasteiger partial charge is 0.493 e. The summed E-state index contributed by atoms with van der Waals surface area (Å²) in [5, 5.41) is -0.246. The van der Waals surface area contributed by atoms with E-state index < -0.39 is 22.8 Å². The number of hydrogen-bond donors (Lipinski definition) is 1. The Labute approximate surface area is 239 Å². The third-order valence-corrected chi connectivity index (χ3v) is 7.46. The van der Waals surface area contributed by atoms with Crippen molar-refractivity contribution in [3.63, 3.8) is 0 Å². The molecule has 0 aliphatic rings. The van der Waals surface area contributed by atoms with Crippen molar-refractivity contribution in [3.8, 4) is 23.0 Å². The normalized spacial score (nSPS) is 12.1. The Morgan fingerprint density at radius 2 is 1.55 bits per heavy atom. The number of benzene rings is 2. The summed E-state index contributed by atoms with van der Waals surface area (Å²) >= 11 is 0. The molecule has 0 amide bonds. The number of sulfonamides is 1. The number of alkyl halides is 3. The van der Waals surface area contributed by atoms with Gasteiger partial charge in [0, 0.05) is 71.7 Å². The zero-order valence-corrected chi connectivity index (χ0v) is 24.3. The van der Waals surface area contributed by atoms with Crippen LogP contribution in [0.2, 0.25) is 0 Å². The molecule has 2 aromatic heterocycles. The maximum atomic E-state index is 13.3. The minimum Gasteiger partial charge on any atom is -0.493 e. The van der Waals surface area contributed by atoms with Crippen LogP contribution in [0.4, 0.5) is 18.9 Å². The molecule has 1 N–H and O–H groups in total. The van der Waals surface area contributed by atoms with Crippen molar-refractivity contribution >= 4 is 26.7 Å². The highest BCUT2D eigenvalue weighted by atomic mass is 32.2. The van der Waals surface area contributed by atoms with Gasteiger partial charge in [-0.25, -0.2) is 9.78 Å². The molecule has 0 saturated carbocycles. The molecular formula is C26H30F3N5O7S. The molecule has 2 aromatic carbocycles. The van der Waals surface area contributed by atoms with Crippen LogP contribution in [-0.4, -0.2) is 60.2 Å². The SMILES string of the molecule is COCCCOc1cc(OCC(F)(F)F)cc(Oc2cc3c(cc2NS(=O)(=O)c2cn(C)c(C)n2)n(C)c(=O)n3C)c1. The van der Waals surface area contributed by atoms with Gasteiger partial charge in [0.1, 0.15) is 23.1 Å². The number of methoxy groups -OCH3 is 1. The molecule has 4 aromatic rings. The first-order valence-electron chi connectivity index (χ1n) is 12.5. The second kappa shape index (κ2) is 12.0. The number of halogens is 3. The third kappa shape index (κ3) is 6.99. The van der Waals surface area contributed by atoms with Crippen molar-refractivity contribution < 1.29 is 40.5 Å². The van der Waals surface area contributed by atoms with Gasteiger partial charge in [-0.2, -0.15) is 21.6 Å². The van der Waals surface area contributed by atoms with E-state index in [2.05, 4.69) is 9.71 Å². The Hall–Kier alpha value is -4.18. The minimum atomic E-state index is -4.59. The zero-order valence-electron chi connectivity index (χ0n) is 23.5. The van der Waals surface area contributed by atoms with Crippen molar-refractivity contribution in [1.82, 2.24) is 18.7 Å². The number of nitrogens with one attached hydrogen (secondary N) is 1. The highest BCUT2D eigenvalue weighted by molar-refractivity contribution is 7.92. The molecule has 16 heteroatoms. The lowest BCUT2D eigenvalue weighted by atomic mass is 10.2. The fourth-order valence-electron chi connectivity index (χ4n) is 4.00. The number of aryl methyl sites for hydroxylation is 4. The summed E-state index contributed by atoms with van der Waals surface area (Å²) in [6.45, 7) is 0.694. The smallest absolute Gasteiger partial charge is 0.422 e. The molecule has 0 aliphatic heterocycles. The summed E-state index contributed by atoms with van der Waals surface area (Å²) in [4.78, 5) is 16.7. The maximum absolute atomic E-state index is 13.3. The van der Waals surface area contributed by atoms with Crippen LogP contribution in [-0.2, 0) is 35.9 Å². The summed E-state index contributed by atoms with van der Waals surface area (Å²) < 4.78 is 93.4. The Morgan fingerprint density at radius 3 is 2.14 bits per heavy atom. The van der Waals surface area contributed by atoms with Gasteiger partial charge in [-0.05, 0) is 13.0 Å². The summed E-state index contributed by atoms with van der Waals surface area (Å²) in [5.41, 5.74) is 0.394. The van der Waals surface area contributed by atoms with E-state index in [1.807, 2.05) is 0 Å². The van der Waals surface area contributed by atoms with E-state index in [1.54, 1.807) is 14.0 Å². The van der Waals surface area contributed by atoms with Crippen molar-refractivity contribution in [2.45, 2.75) is 24.5 Å². The van der Waals surface area contributed by atoms with Gasteiger partial charge in [-0.3, -0.25) is 13.9 Å². The average Bonchev–Trinajstić information content (AvgIpc) is 3.36. The lowest BCUT2D eigenvalue weighted by Gasteiger charge is -2.16. The van der Waals surface area contributed by atoms with Crippen LogP contribution in [0.25, 0.3) is 11.0 Å². The zero-order chi connectivity index (χ0) is 30.8. The average molecular weight is 614 g/mol. The molecule has 0 fully saturated rings. The van der Waals surface area contributed by atoms with Gasteiger partial charge in [0.15, 0.2) is 17.4 Å². The van der Waals surface area contributed by atoms with Crippen LogP contribution in [0.5, 0.6) is 23.0 Å². The van der Waals surface area contributed by atoms with Gasteiger partial charge >= 0.3 is 11.9 Å². The number of rotatable bonds is 12. The van der Waals surface area contributed by atoms with Crippen molar-refractivity contribution in [2.75, 3.05) is 31.7 Å². The molecule has 0 saturated heterocycles. The lowest BCUT2D eigenvalue weighted by molar-refractivity contribution is -0.153. The first kappa shape index (κ1) is 30.8. The van der Waals surface area contributed by atoms with Crippen molar-refractivity contribution in [1.29, 1.82) is 0 Å². The topological polar surface area (TPSA) is 128 Å². The molecule has 12 nitrogen and oxygen atoms in total. The number of anilines is 1. The fraction of sp³-hybridized carbons (Fsp3) is 0.385. The number of aromatic nitrogens is 4. The predicted molar refractivity (Wildman–Crippen MR) is 147 cm³/mol. The molecule has 0 radical (unpaired) electrons. The van der Waals surface area contributed by atoms with Crippen LogP contribution >= 0.6 is 0 Å². The predicted octanol–water partition coefficient (Wildman–Crippen LogP) is 3.87. The summed E-state index contributed by atoms with van der Waals surface area (Å²) in [5.74, 6) is 0.372. The third-order valence-electron chi connectivity index (χ3n) is 6.22. The second-order valence-electron chi connectivity index (χ2n) is 9.42. The quantitative estimate of drug-likeness (QED) is 0.239. The molecule has 0 spiro atoms. The summed E-state index contributed by atoms with van der Waals surface area (Å²) in [7, 11) is 2.02. The van der Waals surface area contributed by atoms with Crippen molar-refractivity contribution in [2.24, 2.45) is 21.1 Å². The fourth-order valence-corrected chi connectivity index (χ4v) is 5.10. The van der Waals surface area contributed by atoms with E-state index in [1.165, 1.54) is 71.4 Å².